The lowest BCUT2D eigenvalue weighted by Gasteiger charge is -2.15. The molecule has 0 aliphatic rings. The lowest BCUT2D eigenvalue weighted by Crippen LogP contribution is -2.28. The summed E-state index contributed by atoms with van der Waals surface area (Å²) in [6.07, 6.45) is 6.85. The van der Waals surface area contributed by atoms with Gasteiger partial charge in [-0.3, -0.25) is 0 Å². The van der Waals surface area contributed by atoms with E-state index in [1.807, 2.05) is 50.2 Å². The Kier molecular flexibility index (Phi) is 6.58. The van der Waals surface area contributed by atoms with Crippen LogP contribution in [0.1, 0.15) is 42.4 Å². The number of imidazole rings is 1. The molecule has 3 heterocycles. The number of H-pyrrole nitrogens is 1. The number of aromatic nitrogens is 7. The second kappa shape index (κ2) is 10.1. The van der Waals surface area contributed by atoms with Gasteiger partial charge < -0.3 is 9.77 Å². The second-order valence-electron chi connectivity index (χ2n) is 9.12. The molecule has 0 unspecified atom stereocenters. The van der Waals surface area contributed by atoms with Gasteiger partial charge in [-0.1, -0.05) is 49.7 Å². The first-order valence-corrected chi connectivity index (χ1v) is 12.2. The van der Waals surface area contributed by atoms with Crippen LogP contribution < -0.4 is 4.73 Å². The van der Waals surface area contributed by atoms with Crippen molar-refractivity contribution in [2.75, 3.05) is 0 Å². The van der Waals surface area contributed by atoms with E-state index in [0.717, 1.165) is 68.9 Å². The summed E-state index contributed by atoms with van der Waals surface area (Å²) in [4.78, 5) is 4.74. The number of unbranched alkanes of at least 4 members (excludes halogenated alkanes) is 1. The van der Waals surface area contributed by atoms with Gasteiger partial charge in [-0.2, -0.15) is 4.73 Å². The number of nitrogens with zero attached hydrogens (tertiary/aromatic N) is 6. The predicted molar refractivity (Wildman–Crippen MR) is 139 cm³/mol. The summed E-state index contributed by atoms with van der Waals surface area (Å²) in [5.41, 5.74) is 7.36. The smallest absolute Gasteiger partial charge is 0.224 e. The summed E-state index contributed by atoms with van der Waals surface area (Å²) in [6, 6.07) is 18.0. The highest BCUT2D eigenvalue weighted by Gasteiger charge is 2.20. The largest absolute Gasteiger partial charge is 0.618 e. The minimum atomic E-state index is 0.578. The van der Waals surface area contributed by atoms with Crippen LogP contribution in [0.5, 0.6) is 0 Å². The van der Waals surface area contributed by atoms with Gasteiger partial charge in [0.15, 0.2) is 12.0 Å². The monoisotopic (exact) mass is 479 g/mol. The van der Waals surface area contributed by atoms with Crippen molar-refractivity contribution in [2.24, 2.45) is 0 Å². The number of rotatable bonds is 8. The van der Waals surface area contributed by atoms with Crippen LogP contribution in [0.15, 0.2) is 67.0 Å². The maximum atomic E-state index is 13.0. The Labute approximate surface area is 210 Å². The summed E-state index contributed by atoms with van der Waals surface area (Å²) >= 11 is 0. The van der Waals surface area contributed by atoms with Crippen molar-refractivity contribution in [3.8, 4) is 33.8 Å². The van der Waals surface area contributed by atoms with Crippen LogP contribution in [0.25, 0.3) is 33.8 Å². The average molecular weight is 480 g/mol. The fraction of sp³-hybridized carbons (Fsp3) is 0.250. The molecule has 0 aliphatic heterocycles. The molecule has 0 bridgehead atoms. The number of benzene rings is 2. The molecule has 36 heavy (non-hydrogen) atoms. The second-order valence-corrected chi connectivity index (χ2v) is 9.12. The minimum absolute atomic E-state index is 0.578. The quantitative estimate of drug-likeness (QED) is 0.248. The van der Waals surface area contributed by atoms with Gasteiger partial charge in [-0.15, -0.1) is 5.10 Å². The molecule has 0 aliphatic carbocycles. The average Bonchev–Trinajstić information content (AvgIpc) is 3.54. The number of aryl methyl sites for hydroxylation is 3. The van der Waals surface area contributed by atoms with E-state index in [2.05, 4.69) is 56.5 Å². The van der Waals surface area contributed by atoms with E-state index in [0.29, 0.717) is 18.1 Å². The van der Waals surface area contributed by atoms with Crippen molar-refractivity contribution < 1.29 is 4.73 Å². The molecule has 1 N–H and O–H groups in total. The molecular formula is C28H29N7O. The van der Waals surface area contributed by atoms with Gasteiger partial charge >= 0.3 is 0 Å². The van der Waals surface area contributed by atoms with Gasteiger partial charge in [0.1, 0.15) is 5.82 Å². The van der Waals surface area contributed by atoms with Crippen LogP contribution in [0.4, 0.5) is 0 Å². The molecule has 5 rings (SSSR count). The number of nitrogens with one attached hydrogen (secondary N) is 1. The number of tetrazole rings is 1. The van der Waals surface area contributed by atoms with Crippen LogP contribution in [-0.4, -0.2) is 30.2 Å². The summed E-state index contributed by atoms with van der Waals surface area (Å²) in [5, 5.41) is 27.5. The SMILES string of the molecule is CCCCc1nc(C)cn1Cc1ccc(-c2ccccc2-c2nnn[nH]2)c(-c2cc(C)cc[n+]2[O-])c1. The molecule has 2 aromatic carbocycles. The zero-order chi connectivity index (χ0) is 25.1. The third-order valence-electron chi connectivity index (χ3n) is 6.34. The Morgan fingerprint density at radius 2 is 1.78 bits per heavy atom. The van der Waals surface area contributed by atoms with Crippen LogP contribution in [0.2, 0.25) is 0 Å². The topological polar surface area (TPSA) is 99.2 Å². The van der Waals surface area contributed by atoms with E-state index in [4.69, 9.17) is 4.98 Å². The lowest BCUT2D eigenvalue weighted by molar-refractivity contribution is -0.593. The fourth-order valence-electron chi connectivity index (χ4n) is 4.59. The van der Waals surface area contributed by atoms with Crippen molar-refractivity contribution in [2.45, 2.75) is 46.6 Å². The summed E-state index contributed by atoms with van der Waals surface area (Å²) in [7, 11) is 0. The molecule has 5 aromatic rings. The molecule has 0 amide bonds. The molecule has 8 heteroatoms. The molecule has 0 spiro atoms. The van der Waals surface area contributed by atoms with E-state index >= 15 is 0 Å². The van der Waals surface area contributed by atoms with Gasteiger partial charge in [0.2, 0.25) is 5.69 Å². The molecule has 8 nitrogen and oxygen atoms in total. The standard InChI is InChI=1S/C28H29N7O/c1-4-5-10-27-29-20(3)17-34(27)18-21-11-12-23(25(16-21)26-15-19(2)13-14-35(26)36)22-8-6-7-9-24(22)28-30-32-33-31-28/h6-9,11-17H,4-5,10,18H2,1-3H3,(H,30,31,32,33). The first-order valence-electron chi connectivity index (χ1n) is 12.2. The Morgan fingerprint density at radius 1 is 0.972 bits per heavy atom. The molecule has 0 saturated carbocycles. The van der Waals surface area contributed by atoms with Crippen molar-refractivity contribution in [3.63, 3.8) is 0 Å². The molecule has 0 atom stereocenters. The molecule has 0 radical (unpaired) electrons. The maximum Gasteiger partial charge on any atom is 0.224 e. The van der Waals surface area contributed by atoms with Crippen LogP contribution >= 0.6 is 0 Å². The highest BCUT2D eigenvalue weighted by molar-refractivity contribution is 5.89. The Morgan fingerprint density at radius 3 is 2.56 bits per heavy atom. The summed E-state index contributed by atoms with van der Waals surface area (Å²) in [6.45, 7) is 6.90. The first-order chi connectivity index (χ1) is 17.5. The van der Waals surface area contributed by atoms with E-state index in [1.165, 1.54) is 0 Å². The maximum absolute atomic E-state index is 13.0. The minimum Gasteiger partial charge on any atom is -0.618 e. The van der Waals surface area contributed by atoms with Gasteiger partial charge in [0.05, 0.1) is 11.3 Å². The van der Waals surface area contributed by atoms with E-state index in [1.54, 1.807) is 6.20 Å². The van der Waals surface area contributed by atoms with Gasteiger partial charge in [-0.25, -0.2) is 10.1 Å². The van der Waals surface area contributed by atoms with E-state index in [-0.39, 0.29) is 0 Å². The Bertz CT molecular complexity index is 1490. The molecule has 0 saturated heterocycles. The zero-order valence-electron chi connectivity index (χ0n) is 20.8. The number of aromatic amines is 1. The summed E-state index contributed by atoms with van der Waals surface area (Å²) in [5.74, 6) is 1.67. The number of hydrogen-bond acceptors (Lipinski definition) is 5. The lowest BCUT2D eigenvalue weighted by atomic mass is 9.91. The number of pyridine rings is 1. The third kappa shape index (κ3) is 4.75. The fourth-order valence-corrected chi connectivity index (χ4v) is 4.59. The van der Waals surface area contributed by atoms with Gasteiger partial charge in [0.25, 0.3) is 0 Å². The van der Waals surface area contributed by atoms with Gasteiger partial charge in [0, 0.05) is 36.9 Å². The Balaban J connectivity index is 1.65. The Hall–Kier alpha value is -4.33. The third-order valence-corrected chi connectivity index (χ3v) is 6.34. The zero-order valence-corrected chi connectivity index (χ0v) is 20.8. The first kappa shape index (κ1) is 23.4. The van der Waals surface area contributed by atoms with Crippen molar-refractivity contribution in [1.29, 1.82) is 0 Å². The van der Waals surface area contributed by atoms with Crippen LogP contribution in [0.3, 0.4) is 0 Å². The van der Waals surface area contributed by atoms with Crippen molar-refractivity contribution in [3.05, 3.63) is 94.8 Å². The molecule has 0 fully saturated rings. The number of hydrogen-bond donors (Lipinski definition) is 1. The molecule has 3 aromatic heterocycles. The van der Waals surface area contributed by atoms with Gasteiger partial charge in [-0.05, 0) is 59.0 Å². The summed E-state index contributed by atoms with van der Waals surface area (Å²) < 4.78 is 3.15. The van der Waals surface area contributed by atoms with E-state index < -0.39 is 0 Å². The molecular weight excluding hydrogens is 450 g/mol. The highest BCUT2D eigenvalue weighted by Crippen LogP contribution is 2.37. The van der Waals surface area contributed by atoms with Crippen molar-refractivity contribution in [1.82, 2.24) is 30.2 Å². The van der Waals surface area contributed by atoms with E-state index in [9.17, 15) is 5.21 Å². The van der Waals surface area contributed by atoms with Crippen LogP contribution in [0, 0.1) is 19.1 Å². The predicted octanol–water partition coefficient (Wildman–Crippen LogP) is 5.04. The van der Waals surface area contributed by atoms with Crippen LogP contribution in [-0.2, 0) is 13.0 Å². The molecule has 182 valence electrons. The highest BCUT2D eigenvalue weighted by atomic mass is 16.5. The normalized spacial score (nSPS) is 11.2. The van der Waals surface area contributed by atoms with Crippen molar-refractivity contribution >= 4 is 0 Å².